The van der Waals surface area contributed by atoms with Crippen molar-refractivity contribution in [3.8, 4) is 0 Å². The first kappa shape index (κ1) is 13.3. The molecule has 1 atom stereocenters. The van der Waals surface area contributed by atoms with E-state index in [1.807, 2.05) is 12.1 Å². The third kappa shape index (κ3) is 2.37. The number of hydrogen-bond donors (Lipinski definition) is 2. The topological polar surface area (TPSA) is 38.0 Å². The van der Waals surface area contributed by atoms with Crippen LogP contribution in [0.3, 0.4) is 0 Å². The zero-order valence-electron chi connectivity index (χ0n) is 11.8. The Morgan fingerprint density at radius 3 is 1.90 bits per heavy atom. The van der Waals surface area contributed by atoms with E-state index in [1.165, 1.54) is 24.0 Å². The first-order valence-corrected chi connectivity index (χ1v) is 7.42. The van der Waals surface area contributed by atoms with Gasteiger partial charge in [0.25, 0.3) is 0 Å². The Labute approximate surface area is 121 Å². The van der Waals surface area contributed by atoms with Crippen molar-refractivity contribution in [3.05, 3.63) is 71.8 Å². The fraction of sp³-hybridized carbons (Fsp3) is 0.333. The summed E-state index contributed by atoms with van der Waals surface area (Å²) in [7, 11) is 0. The molecule has 2 aromatic rings. The lowest BCUT2D eigenvalue weighted by Crippen LogP contribution is -2.51. The second-order valence-corrected chi connectivity index (χ2v) is 5.64. The van der Waals surface area contributed by atoms with Crippen LogP contribution in [0.5, 0.6) is 0 Å². The van der Waals surface area contributed by atoms with Crippen LogP contribution >= 0.6 is 0 Å². The van der Waals surface area contributed by atoms with E-state index in [1.54, 1.807) is 0 Å². The maximum Gasteiger partial charge on any atom is 0.0706 e. The van der Waals surface area contributed by atoms with Gasteiger partial charge in [0.15, 0.2) is 0 Å². The second kappa shape index (κ2) is 5.78. The van der Waals surface area contributed by atoms with Crippen LogP contribution < -0.4 is 11.1 Å². The van der Waals surface area contributed by atoms with E-state index in [0.29, 0.717) is 5.92 Å². The van der Waals surface area contributed by atoms with Crippen molar-refractivity contribution in [2.75, 3.05) is 13.1 Å². The number of piperidine rings is 1. The molecule has 20 heavy (non-hydrogen) atoms. The van der Waals surface area contributed by atoms with E-state index < -0.39 is 5.54 Å². The summed E-state index contributed by atoms with van der Waals surface area (Å²) in [4.78, 5) is 0. The fourth-order valence-corrected chi connectivity index (χ4v) is 3.31. The number of hydrogen-bond acceptors (Lipinski definition) is 2. The van der Waals surface area contributed by atoms with Crippen molar-refractivity contribution in [3.63, 3.8) is 0 Å². The summed E-state index contributed by atoms with van der Waals surface area (Å²) in [6.07, 6.45) is 2.37. The van der Waals surface area contributed by atoms with E-state index in [9.17, 15) is 0 Å². The van der Waals surface area contributed by atoms with Gasteiger partial charge in [-0.1, -0.05) is 60.7 Å². The van der Waals surface area contributed by atoms with Crippen LogP contribution in [-0.2, 0) is 5.54 Å². The highest BCUT2D eigenvalue weighted by atomic mass is 14.9. The molecule has 2 nitrogen and oxygen atoms in total. The molecule has 0 amide bonds. The molecule has 0 saturated carbocycles. The molecule has 3 N–H and O–H groups in total. The summed E-state index contributed by atoms with van der Waals surface area (Å²) in [5, 5.41) is 3.50. The molecule has 1 saturated heterocycles. The summed E-state index contributed by atoms with van der Waals surface area (Å²) in [6, 6.07) is 21.0. The minimum absolute atomic E-state index is 0.407. The van der Waals surface area contributed by atoms with Crippen LogP contribution in [0.25, 0.3) is 0 Å². The van der Waals surface area contributed by atoms with Crippen molar-refractivity contribution in [1.82, 2.24) is 5.32 Å². The van der Waals surface area contributed by atoms with Gasteiger partial charge in [-0.25, -0.2) is 0 Å². The van der Waals surface area contributed by atoms with Crippen molar-refractivity contribution in [2.45, 2.75) is 18.4 Å². The molecule has 0 radical (unpaired) electrons. The van der Waals surface area contributed by atoms with Crippen molar-refractivity contribution < 1.29 is 0 Å². The highest BCUT2D eigenvalue weighted by Crippen LogP contribution is 2.37. The van der Waals surface area contributed by atoms with Crippen LogP contribution in [0.15, 0.2) is 60.7 Å². The summed E-state index contributed by atoms with van der Waals surface area (Å²) < 4.78 is 0. The summed E-state index contributed by atoms with van der Waals surface area (Å²) in [5.74, 6) is 0.432. The van der Waals surface area contributed by atoms with Crippen molar-refractivity contribution >= 4 is 0 Å². The minimum atomic E-state index is -0.407. The van der Waals surface area contributed by atoms with Gasteiger partial charge in [0.2, 0.25) is 0 Å². The van der Waals surface area contributed by atoms with E-state index >= 15 is 0 Å². The predicted molar refractivity (Wildman–Crippen MR) is 83.4 cm³/mol. The summed E-state index contributed by atoms with van der Waals surface area (Å²) in [5.41, 5.74) is 8.99. The van der Waals surface area contributed by atoms with Gasteiger partial charge in [-0.15, -0.1) is 0 Å². The largest absolute Gasteiger partial charge is 0.317 e. The summed E-state index contributed by atoms with van der Waals surface area (Å²) >= 11 is 0. The van der Waals surface area contributed by atoms with Crippen LogP contribution in [0.4, 0.5) is 0 Å². The molecule has 1 aliphatic rings. The Morgan fingerprint density at radius 1 is 0.900 bits per heavy atom. The molecule has 1 heterocycles. The molecular weight excluding hydrogens is 244 g/mol. The van der Waals surface area contributed by atoms with Gasteiger partial charge in [-0.2, -0.15) is 0 Å². The Bertz CT molecular complexity index is 490. The SMILES string of the molecule is NC(c1ccccc1)(c1ccccc1)C1CCCNC1. The molecule has 0 spiro atoms. The van der Waals surface area contributed by atoms with Crippen LogP contribution in [-0.4, -0.2) is 13.1 Å². The van der Waals surface area contributed by atoms with Gasteiger partial charge >= 0.3 is 0 Å². The average Bonchev–Trinajstić information content (AvgIpc) is 2.56. The molecule has 1 fully saturated rings. The first-order valence-electron chi connectivity index (χ1n) is 7.42. The van der Waals surface area contributed by atoms with Crippen LogP contribution in [0, 0.1) is 5.92 Å². The quantitative estimate of drug-likeness (QED) is 0.896. The number of benzene rings is 2. The lowest BCUT2D eigenvalue weighted by atomic mass is 9.71. The Kier molecular flexibility index (Phi) is 3.86. The summed E-state index contributed by atoms with van der Waals surface area (Å²) in [6.45, 7) is 2.09. The molecule has 0 aromatic heterocycles. The molecule has 0 bridgehead atoms. The average molecular weight is 266 g/mol. The highest BCUT2D eigenvalue weighted by Gasteiger charge is 2.38. The second-order valence-electron chi connectivity index (χ2n) is 5.64. The number of nitrogens with one attached hydrogen (secondary N) is 1. The number of rotatable bonds is 3. The van der Waals surface area contributed by atoms with Crippen molar-refractivity contribution in [2.24, 2.45) is 11.7 Å². The van der Waals surface area contributed by atoms with Crippen molar-refractivity contribution in [1.29, 1.82) is 0 Å². The lowest BCUT2D eigenvalue weighted by molar-refractivity contribution is 0.259. The Balaban J connectivity index is 2.07. The van der Waals surface area contributed by atoms with E-state index in [4.69, 9.17) is 5.73 Å². The van der Waals surface area contributed by atoms with E-state index in [2.05, 4.69) is 53.8 Å². The van der Waals surface area contributed by atoms with E-state index in [0.717, 1.165) is 13.1 Å². The molecule has 1 unspecified atom stereocenters. The van der Waals surface area contributed by atoms with Crippen LogP contribution in [0.2, 0.25) is 0 Å². The molecule has 1 aliphatic heterocycles. The normalized spacial score (nSPS) is 19.8. The molecule has 0 aliphatic carbocycles. The number of nitrogens with two attached hydrogens (primary N) is 1. The maximum absolute atomic E-state index is 6.98. The van der Waals surface area contributed by atoms with Gasteiger partial charge in [-0.05, 0) is 36.4 Å². The molecule has 2 aromatic carbocycles. The Hall–Kier alpha value is -1.64. The van der Waals surface area contributed by atoms with Gasteiger partial charge in [0, 0.05) is 6.54 Å². The Morgan fingerprint density at radius 2 is 1.45 bits per heavy atom. The fourth-order valence-electron chi connectivity index (χ4n) is 3.31. The van der Waals surface area contributed by atoms with Gasteiger partial charge < -0.3 is 11.1 Å². The maximum atomic E-state index is 6.98. The molecule has 3 rings (SSSR count). The van der Waals surface area contributed by atoms with E-state index in [-0.39, 0.29) is 0 Å². The first-order chi connectivity index (χ1) is 9.82. The standard InChI is InChI=1S/C18H22N2/c19-18(15-8-3-1-4-9-15,16-10-5-2-6-11-16)17-12-7-13-20-14-17/h1-6,8-11,17,20H,7,12-14,19H2. The third-order valence-corrected chi connectivity index (χ3v) is 4.44. The zero-order chi connectivity index (χ0) is 13.8. The molecule has 104 valence electrons. The monoisotopic (exact) mass is 266 g/mol. The minimum Gasteiger partial charge on any atom is -0.317 e. The molecular formula is C18H22N2. The predicted octanol–water partition coefficient (Wildman–Crippen LogP) is 2.89. The van der Waals surface area contributed by atoms with Gasteiger partial charge in [0.1, 0.15) is 0 Å². The van der Waals surface area contributed by atoms with Gasteiger partial charge in [-0.3, -0.25) is 0 Å². The zero-order valence-corrected chi connectivity index (χ0v) is 11.8. The highest BCUT2D eigenvalue weighted by molar-refractivity contribution is 5.39. The lowest BCUT2D eigenvalue weighted by Gasteiger charge is -2.41. The van der Waals surface area contributed by atoms with Gasteiger partial charge in [0.05, 0.1) is 5.54 Å². The third-order valence-electron chi connectivity index (χ3n) is 4.44. The smallest absolute Gasteiger partial charge is 0.0706 e. The van der Waals surface area contributed by atoms with Crippen LogP contribution in [0.1, 0.15) is 24.0 Å². The molecule has 2 heteroatoms.